The van der Waals surface area contributed by atoms with Gasteiger partial charge < -0.3 is 0 Å². The number of Topliss-reactive ketones (excluding diaryl/α,β-unsaturated/α-hetero) is 1. The molecule has 0 aliphatic rings. The Morgan fingerprint density at radius 3 is 2.58 bits per heavy atom. The van der Waals surface area contributed by atoms with Gasteiger partial charge in [0, 0.05) is 17.8 Å². The van der Waals surface area contributed by atoms with Gasteiger partial charge in [0.1, 0.15) is 0 Å². The molecule has 10 heteroatoms. The Morgan fingerprint density at radius 2 is 2.00 bits per heavy atom. The number of hydrogen-bond donors (Lipinski definition) is 2. The second kappa shape index (κ2) is 7.67. The number of sulfonamides is 1. The quantitative estimate of drug-likeness (QED) is 0.535. The highest BCUT2D eigenvalue weighted by atomic mass is 32.2. The van der Waals surface area contributed by atoms with E-state index in [4.69, 9.17) is 0 Å². The minimum Gasteiger partial charge on any atom is -0.293 e. The van der Waals surface area contributed by atoms with Crippen LogP contribution in [0.3, 0.4) is 0 Å². The molecule has 2 aromatic rings. The lowest BCUT2D eigenvalue weighted by atomic mass is 10.1. The number of anilines is 1. The first-order valence-corrected chi connectivity index (χ1v) is 10.1. The van der Waals surface area contributed by atoms with Gasteiger partial charge in [-0.15, -0.1) is 5.10 Å². The topological polar surface area (TPSA) is 114 Å². The third-order valence-electron chi connectivity index (χ3n) is 3.01. The summed E-state index contributed by atoms with van der Waals surface area (Å²) in [5, 5.41) is 6.77. The number of rotatable bonds is 8. The van der Waals surface area contributed by atoms with Crippen LogP contribution in [0.15, 0.2) is 34.2 Å². The third-order valence-corrected chi connectivity index (χ3v) is 4.60. The predicted molar refractivity (Wildman–Crippen MR) is 93.1 cm³/mol. The van der Waals surface area contributed by atoms with Gasteiger partial charge in [0.05, 0.1) is 12.0 Å². The van der Waals surface area contributed by atoms with Crippen molar-refractivity contribution in [3.63, 3.8) is 0 Å². The van der Waals surface area contributed by atoms with E-state index in [1.54, 1.807) is 12.1 Å². The van der Waals surface area contributed by atoms with Crippen molar-refractivity contribution < 1.29 is 13.2 Å². The number of hydrogen-bond acceptors (Lipinski definition) is 6. The van der Waals surface area contributed by atoms with Crippen molar-refractivity contribution in [3.8, 4) is 0 Å². The van der Waals surface area contributed by atoms with Gasteiger partial charge in [-0.05, 0) is 30.7 Å². The van der Waals surface area contributed by atoms with E-state index >= 15 is 0 Å². The molecule has 0 aliphatic heterocycles. The second-order valence-corrected chi connectivity index (χ2v) is 7.82. The molecule has 2 rings (SSSR count). The average molecular weight is 370 g/mol. The average Bonchev–Trinajstić information content (AvgIpc) is 2.85. The van der Waals surface area contributed by atoms with Gasteiger partial charge in [-0.1, -0.05) is 18.7 Å². The van der Waals surface area contributed by atoms with Crippen LogP contribution in [-0.2, 0) is 16.6 Å². The fraction of sp³-hybridized carbons (Fsp3) is 0.357. The molecule has 2 N–H and O–H groups in total. The van der Waals surface area contributed by atoms with E-state index in [0.29, 0.717) is 23.0 Å². The van der Waals surface area contributed by atoms with E-state index in [0.717, 1.165) is 12.7 Å². The van der Waals surface area contributed by atoms with E-state index in [1.807, 2.05) is 6.92 Å². The van der Waals surface area contributed by atoms with Gasteiger partial charge in [-0.25, -0.2) is 18.3 Å². The monoisotopic (exact) mass is 370 g/mol. The highest BCUT2D eigenvalue weighted by molar-refractivity contribution is 7.99. The summed E-state index contributed by atoms with van der Waals surface area (Å²) in [5.41, 5.74) is 0.565. The molecule has 0 saturated carbocycles. The number of aromatic amines is 1. The zero-order valence-corrected chi connectivity index (χ0v) is 14.9. The molecule has 24 heavy (non-hydrogen) atoms. The zero-order valence-electron chi connectivity index (χ0n) is 13.3. The molecule has 0 saturated heterocycles. The number of aromatic nitrogens is 3. The van der Waals surface area contributed by atoms with Crippen LogP contribution in [0, 0.1) is 0 Å². The molecule has 0 unspecified atom stereocenters. The lowest BCUT2D eigenvalue weighted by Gasteiger charge is -2.06. The van der Waals surface area contributed by atoms with Gasteiger partial charge in [0.15, 0.2) is 10.9 Å². The van der Waals surface area contributed by atoms with E-state index in [2.05, 4.69) is 14.9 Å². The molecule has 0 amide bonds. The number of nitrogens with one attached hydrogen (secondary N) is 2. The molecule has 0 spiro atoms. The van der Waals surface area contributed by atoms with Gasteiger partial charge >= 0.3 is 5.69 Å². The summed E-state index contributed by atoms with van der Waals surface area (Å²) in [7, 11) is -3.35. The summed E-state index contributed by atoms with van der Waals surface area (Å²) in [4.78, 5) is 23.8. The van der Waals surface area contributed by atoms with E-state index in [9.17, 15) is 18.0 Å². The lowest BCUT2D eigenvalue weighted by Crippen LogP contribution is -2.17. The van der Waals surface area contributed by atoms with Gasteiger partial charge in [-0.3, -0.25) is 14.1 Å². The zero-order chi connectivity index (χ0) is 17.7. The molecule has 1 aromatic carbocycles. The summed E-state index contributed by atoms with van der Waals surface area (Å²) < 4.78 is 26.1. The largest absolute Gasteiger partial charge is 0.343 e. The second-order valence-electron chi connectivity index (χ2n) is 5.13. The molecule has 0 aliphatic carbocycles. The number of thioether (sulfide) groups is 1. The maximum Gasteiger partial charge on any atom is 0.343 e. The number of nitrogens with zero attached hydrogens (tertiary/aromatic N) is 2. The molecule has 0 radical (unpaired) electrons. The van der Waals surface area contributed by atoms with Crippen molar-refractivity contribution in [2.75, 3.05) is 16.7 Å². The van der Waals surface area contributed by atoms with Crippen LogP contribution in [0.25, 0.3) is 0 Å². The summed E-state index contributed by atoms with van der Waals surface area (Å²) >= 11 is 1.18. The van der Waals surface area contributed by atoms with Crippen molar-refractivity contribution in [2.24, 2.45) is 0 Å². The molecule has 0 atom stereocenters. The highest BCUT2D eigenvalue weighted by Gasteiger charge is 2.12. The summed E-state index contributed by atoms with van der Waals surface area (Å²) in [6.45, 7) is 2.49. The molecule has 0 fully saturated rings. The van der Waals surface area contributed by atoms with Crippen LogP contribution in [0.2, 0.25) is 0 Å². The number of benzene rings is 1. The fourth-order valence-corrected chi connectivity index (χ4v) is 3.42. The Hall–Kier alpha value is -2.07. The fourth-order valence-electron chi connectivity index (χ4n) is 1.99. The molecule has 1 aromatic heterocycles. The van der Waals surface area contributed by atoms with Crippen LogP contribution < -0.4 is 10.4 Å². The lowest BCUT2D eigenvalue weighted by molar-refractivity contribution is 0.102. The minimum atomic E-state index is -3.35. The van der Waals surface area contributed by atoms with Crippen LogP contribution >= 0.6 is 11.8 Å². The van der Waals surface area contributed by atoms with Gasteiger partial charge in [-0.2, -0.15) is 0 Å². The maximum atomic E-state index is 12.2. The summed E-state index contributed by atoms with van der Waals surface area (Å²) in [5.74, 6) is -0.00301. The maximum absolute atomic E-state index is 12.2. The number of H-pyrrole nitrogens is 1. The van der Waals surface area contributed by atoms with Gasteiger partial charge in [0.2, 0.25) is 10.0 Å². The number of carbonyl (C=O) groups is 1. The first-order valence-electron chi connectivity index (χ1n) is 7.19. The Morgan fingerprint density at radius 1 is 1.33 bits per heavy atom. The first-order chi connectivity index (χ1) is 11.3. The molecular weight excluding hydrogens is 352 g/mol. The van der Waals surface area contributed by atoms with Crippen molar-refractivity contribution in [1.29, 1.82) is 0 Å². The third kappa shape index (κ3) is 4.96. The van der Waals surface area contributed by atoms with Crippen molar-refractivity contribution in [3.05, 3.63) is 40.3 Å². The smallest absolute Gasteiger partial charge is 0.293 e. The van der Waals surface area contributed by atoms with Crippen LogP contribution in [0.4, 0.5) is 5.69 Å². The molecule has 8 nitrogen and oxygen atoms in total. The Kier molecular flexibility index (Phi) is 5.84. The molecule has 0 bridgehead atoms. The number of carbonyl (C=O) groups excluding carboxylic acids is 1. The standard InChI is InChI=1S/C14H18N4O4S2/c1-3-8-18-13(20)15-16-14(18)23-9-12(19)10-4-6-11(7-5-10)17-24(2,21)22/h4-7,17H,3,8-9H2,1-2H3,(H,15,20). The number of ketones is 1. The SMILES string of the molecule is CCCn1c(SCC(=O)c2ccc(NS(C)(=O)=O)cc2)n[nH]c1=O. The Balaban J connectivity index is 2.01. The van der Waals surface area contributed by atoms with Crippen molar-refractivity contribution >= 4 is 33.3 Å². The van der Waals surface area contributed by atoms with Gasteiger partial charge in [0.25, 0.3) is 0 Å². The minimum absolute atomic E-state index is 0.132. The Bertz CT molecular complexity index is 869. The molecule has 130 valence electrons. The summed E-state index contributed by atoms with van der Waals surface area (Å²) in [6, 6.07) is 6.17. The normalized spacial score (nSPS) is 11.4. The van der Waals surface area contributed by atoms with Crippen molar-refractivity contribution in [1.82, 2.24) is 14.8 Å². The summed E-state index contributed by atoms with van der Waals surface area (Å²) in [6.07, 6.45) is 1.85. The molecular formula is C14H18N4O4S2. The van der Waals surface area contributed by atoms with E-state index in [1.165, 1.54) is 28.5 Å². The Labute approximate surface area is 143 Å². The molecule has 1 heterocycles. The van der Waals surface area contributed by atoms with Crippen LogP contribution in [0.5, 0.6) is 0 Å². The van der Waals surface area contributed by atoms with E-state index in [-0.39, 0.29) is 17.2 Å². The first kappa shape index (κ1) is 18.3. The highest BCUT2D eigenvalue weighted by Crippen LogP contribution is 2.17. The van der Waals surface area contributed by atoms with Crippen molar-refractivity contribution in [2.45, 2.75) is 25.0 Å². The van der Waals surface area contributed by atoms with E-state index < -0.39 is 10.0 Å². The van der Waals surface area contributed by atoms with Crippen LogP contribution in [-0.4, -0.2) is 41.0 Å². The predicted octanol–water partition coefficient (Wildman–Crippen LogP) is 1.33. The van der Waals surface area contributed by atoms with Crippen LogP contribution in [0.1, 0.15) is 23.7 Å².